The Morgan fingerprint density at radius 2 is 2.16 bits per heavy atom. The van der Waals surface area contributed by atoms with Gasteiger partial charge in [0.1, 0.15) is 0 Å². The van der Waals surface area contributed by atoms with E-state index in [2.05, 4.69) is 10.4 Å². The van der Waals surface area contributed by atoms with Crippen LogP contribution in [0, 0.1) is 6.92 Å². The second-order valence-electron chi connectivity index (χ2n) is 5.10. The van der Waals surface area contributed by atoms with Crippen molar-refractivity contribution in [1.82, 2.24) is 15.1 Å². The molecule has 0 spiro atoms. The number of ether oxygens (including phenoxy) is 1. The number of rotatable bonds is 5. The molecule has 0 amide bonds. The minimum absolute atomic E-state index is 0.556. The predicted octanol–water partition coefficient (Wildman–Crippen LogP) is 1.50. The van der Waals surface area contributed by atoms with Crippen molar-refractivity contribution in [2.45, 2.75) is 45.4 Å². The first-order valence-corrected chi connectivity index (χ1v) is 7.16. The van der Waals surface area contributed by atoms with Gasteiger partial charge in [-0.25, -0.2) is 0 Å². The number of hydrogen-bond donors (Lipinski definition) is 2. The van der Waals surface area contributed by atoms with E-state index in [1.165, 1.54) is 0 Å². The summed E-state index contributed by atoms with van der Waals surface area (Å²) in [5, 5.41) is 18.7. The Balaban J connectivity index is 1.92. The number of aliphatic hydroxyl groups is 1. The zero-order valence-electron chi connectivity index (χ0n) is 11.6. The van der Waals surface area contributed by atoms with Gasteiger partial charge < -0.3 is 15.2 Å². The Kier molecular flexibility index (Phi) is 4.84. The smallest absolute Gasteiger partial charge is 0.0860 e. The minimum atomic E-state index is -0.656. The molecule has 0 bridgehead atoms. The van der Waals surface area contributed by atoms with Gasteiger partial charge in [-0.1, -0.05) is 11.6 Å². The van der Waals surface area contributed by atoms with E-state index in [0.29, 0.717) is 44.2 Å². The Morgan fingerprint density at radius 3 is 2.79 bits per heavy atom. The van der Waals surface area contributed by atoms with Crippen LogP contribution in [0.2, 0.25) is 5.02 Å². The molecule has 1 saturated heterocycles. The Hall–Kier alpha value is -0.620. The Bertz CT molecular complexity index is 428. The van der Waals surface area contributed by atoms with Crippen LogP contribution in [-0.4, -0.2) is 40.2 Å². The topological polar surface area (TPSA) is 59.3 Å². The number of nitrogens with zero attached hydrogens (tertiary/aromatic N) is 2. The molecule has 0 aliphatic carbocycles. The first kappa shape index (κ1) is 14.8. The van der Waals surface area contributed by atoms with Crippen molar-refractivity contribution in [3.63, 3.8) is 0 Å². The zero-order valence-corrected chi connectivity index (χ0v) is 12.3. The molecule has 2 N–H and O–H groups in total. The largest absolute Gasteiger partial charge is 0.388 e. The van der Waals surface area contributed by atoms with E-state index in [4.69, 9.17) is 16.3 Å². The van der Waals surface area contributed by atoms with E-state index in [9.17, 15) is 5.11 Å². The second kappa shape index (κ2) is 6.22. The molecule has 108 valence electrons. The van der Waals surface area contributed by atoms with E-state index in [1.807, 2.05) is 18.5 Å². The molecular formula is C13H22ClN3O2. The lowest BCUT2D eigenvalue weighted by atomic mass is 9.94. The number of aryl methyl sites for hydroxylation is 2. The van der Waals surface area contributed by atoms with Crippen molar-refractivity contribution < 1.29 is 9.84 Å². The predicted molar refractivity (Wildman–Crippen MR) is 74.4 cm³/mol. The van der Waals surface area contributed by atoms with Crippen molar-refractivity contribution in [3.05, 3.63) is 16.4 Å². The average molecular weight is 288 g/mol. The van der Waals surface area contributed by atoms with Gasteiger partial charge in [-0.15, -0.1) is 0 Å². The lowest BCUT2D eigenvalue weighted by Gasteiger charge is -2.32. The SMILES string of the molecule is CCn1nc(C)c(Cl)c1CNCC1(O)CCOCC1. The van der Waals surface area contributed by atoms with Crippen LogP contribution in [0.3, 0.4) is 0 Å². The van der Waals surface area contributed by atoms with Crippen molar-refractivity contribution in [1.29, 1.82) is 0 Å². The van der Waals surface area contributed by atoms with Gasteiger partial charge in [-0.3, -0.25) is 4.68 Å². The van der Waals surface area contributed by atoms with Gasteiger partial charge in [0.05, 0.1) is 22.0 Å². The number of aromatic nitrogens is 2. The van der Waals surface area contributed by atoms with Crippen LogP contribution in [0.25, 0.3) is 0 Å². The highest BCUT2D eigenvalue weighted by molar-refractivity contribution is 6.31. The first-order valence-electron chi connectivity index (χ1n) is 6.78. The summed E-state index contributed by atoms with van der Waals surface area (Å²) in [6.45, 7) is 7.18. The minimum Gasteiger partial charge on any atom is -0.388 e. The molecule has 1 aliphatic rings. The molecule has 0 atom stereocenters. The summed E-state index contributed by atoms with van der Waals surface area (Å²) in [6.07, 6.45) is 1.36. The number of halogens is 1. The third-order valence-electron chi connectivity index (χ3n) is 3.62. The molecule has 19 heavy (non-hydrogen) atoms. The molecule has 1 aliphatic heterocycles. The fourth-order valence-corrected chi connectivity index (χ4v) is 2.58. The van der Waals surface area contributed by atoms with Crippen LogP contribution in [0.15, 0.2) is 0 Å². The first-order chi connectivity index (χ1) is 9.06. The lowest BCUT2D eigenvalue weighted by molar-refractivity contribution is -0.0617. The van der Waals surface area contributed by atoms with Gasteiger partial charge in [-0.05, 0) is 13.8 Å². The lowest BCUT2D eigenvalue weighted by Crippen LogP contribution is -2.45. The quantitative estimate of drug-likeness (QED) is 0.862. The molecule has 2 heterocycles. The third-order valence-corrected chi connectivity index (χ3v) is 4.11. The van der Waals surface area contributed by atoms with Crippen molar-refractivity contribution in [2.24, 2.45) is 0 Å². The molecule has 1 fully saturated rings. The van der Waals surface area contributed by atoms with Gasteiger partial charge in [0, 0.05) is 45.7 Å². The maximum Gasteiger partial charge on any atom is 0.0860 e. The molecule has 1 aromatic rings. The highest BCUT2D eigenvalue weighted by Crippen LogP contribution is 2.22. The summed E-state index contributed by atoms with van der Waals surface area (Å²) < 4.78 is 7.17. The van der Waals surface area contributed by atoms with E-state index < -0.39 is 5.60 Å². The number of nitrogens with one attached hydrogen (secondary N) is 1. The second-order valence-corrected chi connectivity index (χ2v) is 5.48. The summed E-state index contributed by atoms with van der Waals surface area (Å²) in [4.78, 5) is 0. The highest BCUT2D eigenvalue weighted by atomic mass is 35.5. The standard InChI is InChI=1S/C13H22ClN3O2/c1-3-17-11(12(14)10(2)16-17)8-15-9-13(18)4-6-19-7-5-13/h15,18H,3-9H2,1-2H3. The van der Waals surface area contributed by atoms with E-state index in [1.54, 1.807) is 0 Å². The van der Waals surface area contributed by atoms with Crippen LogP contribution in [0.5, 0.6) is 0 Å². The van der Waals surface area contributed by atoms with Crippen LogP contribution in [0.1, 0.15) is 31.2 Å². The summed E-state index contributed by atoms with van der Waals surface area (Å²) in [6, 6.07) is 0. The van der Waals surface area contributed by atoms with Gasteiger partial charge in [0.15, 0.2) is 0 Å². The molecule has 0 unspecified atom stereocenters. The maximum absolute atomic E-state index is 10.4. The third kappa shape index (κ3) is 3.48. The average Bonchev–Trinajstić information content (AvgIpc) is 2.67. The highest BCUT2D eigenvalue weighted by Gasteiger charge is 2.29. The van der Waals surface area contributed by atoms with E-state index in [0.717, 1.165) is 17.9 Å². The van der Waals surface area contributed by atoms with E-state index in [-0.39, 0.29) is 0 Å². The van der Waals surface area contributed by atoms with Gasteiger partial charge >= 0.3 is 0 Å². The molecule has 0 saturated carbocycles. The van der Waals surface area contributed by atoms with Crippen LogP contribution >= 0.6 is 11.6 Å². The molecule has 1 aromatic heterocycles. The fraction of sp³-hybridized carbons (Fsp3) is 0.769. The molecule has 6 heteroatoms. The van der Waals surface area contributed by atoms with Crippen LogP contribution in [-0.2, 0) is 17.8 Å². The van der Waals surface area contributed by atoms with Gasteiger partial charge in [0.25, 0.3) is 0 Å². The van der Waals surface area contributed by atoms with Crippen molar-refractivity contribution >= 4 is 11.6 Å². The summed E-state index contributed by atoms with van der Waals surface area (Å²) >= 11 is 6.24. The van der Waals surface area contributed by atoms with Crippen molar-refractivity contribution in [2.75, 3.05) is 19.8 Å². The zero-order chi connectivity index (χ0) is 13.9. The Labute approximate surface area is 118 Å². The number of hydrogen-bond acceptors (Lipinski definition) is 4. The molecule has 0 aromatic carbocycles. The summed E-state index contributed by atoms with van der Waals surface area (Å²) in [5.74, 6) is 0. The van der Waals surface area contributed by atoms with Crippen LogP contribution in [0.4, 0.5) is 0 Å². The van der Waals surface area contributed by atoms with Gasteiger partial charge in [0.2, 0.25) is 0 Å². The molecule has 2 rings (SSSR count). The molecule has 0 radical (unpaired) electrons. The molecular weight excluding hydrogens is 266 g/mol. The fourth-order valence-electron chi connectivity index (χ4n) is 2.38. The summed E-state index contributed by atoms with van der Waals surface area (Å²) in [7, 11) is 0. The van der Waals surface area contributed by atoms with E-state index >= 15 is 0 Å². The monoisotopic (exact) mass is 287 g/mol. The Morgan fingerprint density at radius 1 is 1.47 bits per heavy atom. The molecule has 5 nitrogen and oxygen atoms in total. The van der Waals surface area contributed by atoms with Crippen molar-refractivity contribution in [3.8, 4) is 0 Å². The maximum atomic E-state index is 10.4. The van der Waals surface area contributed by atoms with Gasteiger partial charge in [-0.2, -0.15) is 5.10 Å². The normalized spacial score (nSPS) is 18.7. The van der Waals surface area contributed by atoms with Crippen LogP contribution < -0.4 is 5.32 Å². The summed E-state index contributed by atoms with van der Waals surface area (Å²) in [5.41, 5.74) is 1.18.